The van der Waals surface area contributed by atoms with E-state index in [0.717, 1.165) is 4.31 Å². The molecule has 3 rings (SSSR count). The maximum absolute atomic E-state index is 13.8. The van der Waals surface area contributed by atoms with E-state index >= 15 is 0 Å². The van der Waals surface area contributed by atoms with Crippen LogP contribution >= 0.6 is 34.8 Å². The summed E-state index contributed by atoms with van der Waals surface area (Å²) < 4.78 is 34.0. The molecule has 0 heterocycles. The summed E-state index contributed by atoms with van der Waals surface area (Å²) in [5, 5.41) is 3.61. The van der Waals surface area contributed by atoms with Gasteiger partial charge in [0.25, 0.3) is 10.0 Å². The van der Waals surface area contributed by atoms with Crippen molar-refractivity contribution in [2.24, 2.45) is 0 Å². The smallest absolute Gasteiger partial charge is 0.264 e. The molecule has 1 N–H and O–H groups in total. The molecule has 0 fully saturated rings. The maximum atomic E-state index is 13.8. The fourth-order valence-corrected chi connectivity index (χ4v) is 5.77. The quantitative estimate of drug-likeness (QED) is 0.313. The average Bonchev–Trinajstić information content (AvgIpc) is 2.91. The zero-order valence-electron chi connectivity index (χ0n) is 21.5. The van der Waals surface area contributed by atoms with Crippen LogP contribution in [0.3, 0.4) is 0 Å². The van der Waals surface area contributed by atoms with Gasteiger partial charge in [-0.25, -0.2) is 8.42 Å². The number of hydrogen-bond donors (Lipinski definition) is 1. The van der Waals surface area contributed by atoms with Crippen molar-refractivity contribution in [1.29, 1.82) is 0 Å². The van der Waals surface area contributed by atoms with Crippen LogP contribution in [0.5, 0.6) is 5.75 Å². The van der Waals surface area contributed by atoms with E-state index in [1.54, 1.807) is 43.3 Å². The van der Waals surface area contributed by atoms with Crippen LogP contribution in [0.2, 0.25) is 15.1 Å². The normalized spacial score (nSPS) is 11.9. The van der Waals surface area contributed by atoms with Gasteiger partial charge in [-0.15, -0.1) is 0 Å². The summed E-state index contributed by atoms with van der Waals surface area (Å²) >= 11 is 18.3. The van der Waals surface area contributed by atoms with Gasteiger partial charge in [-0.05, 0) is 80.1 Å². The van der Waals surface area contributed by atoms with Crippen molar-refractivity contribution in [2.75, 3.05) is 24.5 Å². The van der Waals surface area contributed by atoms with Crippen molar-refractivity contribution >= 4 is 62.3 Å². The van der Waals surface area contributed by atoms with E-state index in [2.05, 4.69) is 5.32 Å². The molecule has 8 nitrogen and oxygen atoms in total. The van der Waals surface area contributed by atoms with E-state index in [0.29, 0.717) is 33.0 Å². The van der Waals surface area contributed by atoms with Crippen molar-refractivity contribution < 1.29 is 22.7 Å². The van der Waals surface area contributed by atoms with Crippen LogP contribution in [0.15, 0.2) is 71.6 Å². The Morgan fingerprint density at radius 3 is 2.13 bits per heavy atom. The number of nitrogens with zero attached hydrogens (tertiary/aromatic N) is 2. The van der Waals surface area contributed by atoms with Crippen LogP contribution in [0.4, 0.5) is 5.69 Å². The van der Waals surface area contributed by atoms with Crippen molar-refractivity contribution in [2.45, 2.75) is 31.3 Å². The molecule has 1 atom stereocenters. The molecule has 0 saturated carbocycles. The Morgan fingerprint density at radius 1 is 0.949 bits per heavy atom. The predicted octanol–water partition coefficient (Wildman–Crippen LogP) is 5.40. The molecule has 0 unspecified atom stereocenters. The van der Waals surface area contributed by atoms with Gasteiger partial charge in [0.15, 0.2) is 0 Å². The van der Waals surface area contributed by atoms with Crippen molar-refractivity contribution in [1.82, 2.24) is 10.2 Å². The Kier molecular flexibility index (Phi) is 10.5. The molecule has 39 heavy (non-hydrogen) atoms. The Labute approximate surface area is 243 Å². The van der Waals surface area contributed by atoms with Gasteiger partial charge >= 0.3 is 0 Å². The molecule has 0 saturated heterocycles. The van der Waals surface area contributed by atoms with Gasteiger partial charge in [-0.1, -0.05) is 40.9 Å². The summed E-state index contributed by atoms with van der Waals surface area (Å²) in [4.78, 5) is 27.6. The molecule has 0 spiro atoms. The lowest BCUT2D eigenvalue weighted by atomic mass is 10.1. The first-order valence-electron chi connectivity index (χ1n) is 11.9. The number of benzene rings is 3. The molecule has 0 bridgehead atoms. The first-order valence-corrected chi connectivity index (χ1v) is 14.5. The van der Waals surface area contributed by atoms with Gasteiger partial charge in [0, 0.05) is 28.7 Å². The Bertz CT molecular complexity index is 1420. The molecule has 0 aromatic heterocycles. The molecule has 208 valence electrons. The van der Waals surface area contributed by atoms with Crippen LogP contribution in [0, 0.1) is 0 Å². The molecule has 0 aliphatic carbocycles. The Morgan fingerprint density at radius 2 is 1.56 bits per heavy atom. The fourth-order valence-electron chi connectivity index (χ4n) is 3.76. The molecule has 0 aliphatic rings. The van der Waals surface area contributed by atoms with Gasteiger partial charge in [0.1, 0.15) is 18.3 Å². The van der Waals surface area contributed by atoms with E-state index < -0.39 is 34.4 Å². The molecule has 12 heteroatoms. The fraction of sp³-hybridized carbons (Fsp3) is 0.259. The van der Waals surface area contributed by atoms with Crippen LogP contribution in [-0.2, 0) is 26.2 Å². The van der Waals surface area contributed by atoms with Gasteiger partial charge in [0.05, 0.1) is 17.2 Å². The minimum absolute atomic E-state index is 0.0540. The number of nitrogens with one attached hydrogen (secondary N) is 1. The second-order valence-corrected chi connectivity index (χ2v) is 11.6. The molecule has 3 aromatic rings. The minimum Gasteiger partial charge on any atom is -0.494 e. The maximum Gasteiger partial charge on any atom is 0.264 e. The molecule has 2 amide bonds. The minimum atomic E-state index is -4.22. The lowest BCUT2D eigenvalue weighted by molar-refractivity contribution is -0.139. The molecular weight excluding hydrogens is 585 g/mol. The largest absolute Gasteiger partial charge is 0.494 e. The molecule has 0 aliphatic heterocycles. The van der Waals surface area contributed by atoms with Gasteiger partial charge in [0.2, 0.25) is 11.8 Å². The summed E-state index contributed by atoms with van der Waals surface area (Å²) in [6, 6.07) is 15.8. The number of carbonyl (C=O) groups is 2. The lowest BCUT2D eigenvalue weighted by Gasteiger charge is -2.32. The van der Waals surface area contributed by atoms with Crippen LogP contribution in [-0.4, -0.2) is 51.4 Å². The summed E-state index contributed by atoms with van der Waals surface area (Å²) in [6.45, 7) is 3.17. The number of likely N-dealkylation sites (N-methyl/N-ethyl adjacent to an activating group) is 1. The number of amides is 2. The average molecular weight is 613 g/mol. The van der Waals surface area contributed by atoms with Crippen molar-refractivity contribution in [3.63, 3.8) is 0 Å². The molecular formula is C27H28Cl3N3O5S. The summed E-state index contributed by atoms with van der Waals surface area (Å²) in [5.41, 5.74) is 0.775. The number of hydrogen-bond acceptors (Lipinski definition) is 5. The third-order valence-corrected chi connectivity index (χ3v) is 8.51. The Balaban J connectivity index is 2.04. The standard InChI is InChI=1S/C27H28Cl3N3O5S/c1-4-38-23-11-9-22(10-12-23)33(39(36,37)24-13-7-20(28)8-14-24)17-26(34)32(18(2)27(35)31-3)16-19-5-6-21(29)15-25(19)30/h5-15,18H,4,16-17H2,1-3H3,(H,31,35)/t18-/m1/s1. The molecule has 3 aromatic carbocycles. The number of carbonyl (C=O) groups excluding carboxylic acids is 2. The molecule has 0 radical (unpaired) electrons. The third-order valence-electron chi connectivity index (χ3n) is 5.89. The summed E-state index contributed by atoms with van der Waals surface area (Å²) in [5.74, 6) is -0.506. The second-order valence-electron chi connectivity index (χ2n) is 8.44. The van der Waals surface area contributed by atoms with Gasteiger partial charge in [-0.2, -0.15) is 0 Å². The first kappa shape index (κ1) is 30.6. The van der Waals surface area contributed by atoms with Crippen molar-refractivity contribution in [3.05, 3.63) is 87.4 Å². The highest BCUT2D eigenvalue weighted by atomic mass is 35.5. The van der Waals surface area contributed by atoms with Crippen molar-refractivity contribution in [3.8, 4) is 5.75 Å². The van der Waals surface area contributed by atoms with Crippen LogP contribution in [0.1, 0.15) is 19.4 Å². The highest BCUT2D eigenvalue weighted by Crippen LogP contribution is 2.28. The third kappa shape index (κ3) is 7.57. The van der Waals surface area contributed by atoms with Crippen LogP contribution < -0.4 is 14.4 Å². The number of anilines is 1. The topological polar surface area (TPSA) is 96.0 Å². The van der Waals surface area contributed by atoms with Crippen LogP contribution in [0.25, 0.3) is 0 Å². The zero-order chi connectivity index (χ0) is 28.7. The monoisotopic (exact) mass is 611 g/mol. The number of sulfonamides is 1. The number of ether oxygens (including phenoxy) is 1. The van der Waals surface area contributed by atoms with Gasteiger partial charge < -0.3 is 15.0 Å². The van der Waals surface area contributed by atoms with E-state index in [1.165, 1.54) is 42.3 Å². The first-order chi connectivity index (χ1) is 18.5. The second kappa shape index (κ2) is 13.4. The summed E-state index contributed by atoms with van der Waals surface area (Å²) in [7, 11) is -2.77. The SMILES string of the molecule is CCOc1ccc(N(CC(=O)N(Cc2ccc(Cl)cc2Cl)[C@H](C)C(=O)NC)S(=O)(=O)c2ccc(Cl)cc2)cc1. The van der Waals surface area contributed by atoms with E-state index in [4.69, 9.17) is 39.5 Å². The van der Waals surface area contributed by atoms with E-state index in [1.807, 2.05) is 6.92 Å². The Hall–Kier alpha value is -2.98. The number of rotatable bonds is 11. The van der Waals surface area contributed by atoms with Gasteiger partial charge in [-0.3, -0.25) is 13.9 Å². The summed E-state index contributed by atoms with van der Waals surface area (Å²) in [6.07, 6.45) is 0. The predicted molar refractivity (Wildman–Crippen MR) is 154 cm³/mol. The number of halogens is 3. The highest BCUT2D eigenvalue weighted by molar-refractivity contribution is 7.92. The lowest BCUT2D eigenvalue weighted by Crippen LogP contribution is -2.50. The van der Waals surface area contributed by atoms with E-state index in [9.17, 15) is 18.0 Å². The highest BCUT2D eigenvalue weighted by Gasteiger charge is 2.32. The van der Waals surface area contributed by atoms with E-state index in [-0.39, 0.29) is 17.1 Å². The zero-order valence-corrected chi connectivity index (χ0v) is 24.6.